The van der Waals surface area contributed by atoms with Crippen molar-refractivity contribution in [2.45, 2.75) is 38.5 Å². The largest absolute Gasteiger partial charge is 0.492 e. The molecule has 1 aliphatic heterocycles. The van der Waals surface area contributed by atoms with Crippen LogP contribution in [0.5, 0.6) is 5.75 Å². The first-order valence-corrected chi connectivity index (χ1v) is 11.8. The molecular formula is C22H27ClN2O4S. The molecule has 162 valence electrons. The van der Waals surface area contributed by atoms with Crippen molar-refractivity contribution in [3.8, 4) is 5.75 Å². The highest BCUT2D eigenvalue weighted by atomic mass is 35.5. The standard InChI is InChI=1S/C22H27ClN2O4S/c1-4-29-21-10-9-18(13-19(21)23)30(27,28)25-11-5-6-17(14-25)22(26)24-20-12-15(2)7-8-16(20)3/h7-10,12-13,17H,4-6,11,14H2,1-3H3,(H,24,26)/t17-/m1/s1. The molecule has 0 aromatic heterocycles. The van der Waals surface area contributed by atoms with E-state index in [1.54, 1.807) is 6.07 Å². The van der Waals surface area contributed by atoms with E-state index < -0.39 is 15.9 Å². The predicted molar refractivity (Wildman–Crippen MR) is 119 cm³/mol. The van der Waals surface area contributed by atoms with Gasteiger partial charge in [0.2, 0.25) is 15.9 Å². The van der Waals surface area contributed by atoms with E-state index in [1.807, 2.05) is 39.0 Å². The highest BCUT2D eigenvalue weighted by Gasteiger charge is 2.33. The predicted octanol–water partition coefficient (Wildman–Crippen LogP) is 4.39. The Morgan fingerprint density at radius 1 is 1.23 bits per heavy atom. The third-order valence-electron chi connectivity index (χ3n) is 5.25. The minimum atomic E-state index is -3.76. The second-order valence-electron chi connectivity index (χ2n) is 7.54. The van der Waals surface area contributed by atoms with Gasteiger partial charge in [-0.25, -0.2) is 8.42 Å². The third kappa shape index (κ3) is 4.96. The molecule has 8 heteroatoms. The van der Waals surface area contributed by atoms with Crippen LogP contribution in [0.2, 0.25) is 5.02 Å². The molecule has 1 N–H and O–H groups in total. The number of benzene rings is 2. The molecule has 3 rings (SSSR count). The molecule has 0 bridgehead atoms. The molecule has 0 saturated carbocycles. The first-order valence-electron chi connectivity index (χ1n) is 10.0. The minimum absolute atomic E-state index is 0.103. The highest BCUT2D eigenvalue weighted by molar-refractivity contribution is 7.89. The van der Waals surface area contributed by atoms with Crippen molar-refractivity contribution >= 4 is 33.2 Å². The molecular weight excluding hydrogens is 424 g/mol. The zero-order valence-corrected chi connectivity index (χ0v) is 19.0. The average Bonchev–Trinajstić information content (AvgIpc) is 2.72. The van der Waals surface area contributed by atoms with E-state index in [9.17, 15) is 13.2 Å². The van der Waals surface area contributed by atoms with Gasteiger partial charge < -0.3 is 10.1 Å². The zero-order chi connectivity index (χ0) is 21.9. The number of rotatable bonds is 6. The van der Waals surface area contributed by atoms with Crippen molar-refractivity contribution in [2.24, 2.45) is 5.92 Å². The first-order chi connectivity index (χ1) is 14.2. The van der Waals surface area contributed by atoms with Gasteiger partial charge in [-0.1, -0.05) is 23.7 Å². The summed E-state index contributed by atoms with van der Waals surface area (Å²) < 4.78 is 33.0. The third-order valence-corrected chi connectivity index (χ3v) is 7.40. The Morgan fingerprint density at radius 2 is 2.00 bits per heavy atom. The fourth-order valence-electron chi connectivity index (χ4n) is 3.54. The first kappa shape index (κ1) is 22.6. The van der Waals surface area contributed by atoms with Gasteiger partial charge in [-0.3, -0.25) is 4.79 Å². The van der Waals surface area contributed by atoms with Crippen molar-refractivity contribution in [3.63, 3.8) is 0 Å². The van der Waals surface area contributed by atoms with Gasteiger partial charge >= 0.3 is 0 Å². The van der Waals surface area contributed by atoms with Gasteiger partial charge in [-0.05, 0) is 69.0 Å². The molecule has 1 atom stereocenters. The Bertz CT molecular complexity index is 1040. The van der Waals surface area contributed by atoms with Gasteiger partial charge in [-0.2, -0.15) is 4.31 Å². The van der Waals surface area contributed by atoms with Gasteiger partial charge in [0.1, 0.15) is 5.75 Å². The molecule has 6 nitrogen and oxygen atoms in total. The molecule has 30 heavy (non-hydrogen) atoms. The van der Waals surface area contributed by atoms with Crippen molar-refractivity contribution < 1.29 is 17.9 Å². The molecule has 1 aliphatic rings. The number of halogens is 1. The summed E-state index contributed by atoms with van der Waals surface area (Å²) in [5.41, 5.74) is 2.78. The lowest BCUT2D eigenvalue weighted by Gasteiger charge is -2.31. The molecule has 0 unspecified atom stereocenters. The van der Waals surface area contributed by atoms with Crippen LogP contribution >= 0.6 is 11.6 Å². The lowest BCUT2D eigenvalue weighted by Crippen LogP contribution is -2.43. The van der Waals surface area contributed by atoms with E-state index in [0.717, 1.165) is 16.8 Å². The monoisotopic (exact) mass is 450 g/mol. The summed E-state index contributed by atoms with van der Waals surface area (Å²) in [5.74, 6) is -0.123. The zero-order valence-electron chi connectivity index (χ0n) is 17.4. The Morgan fingerprint density at radius 3 is 2.70 bits per heavy atom. The number of hydrogen-bond acceptors (Lipinski definition) is 4. The number of carbonyl (C=O) groups is 1. The second kappa shape index (κ2) is 9.37. The molecule has 0 radical (unpaired) electrons. The smallest absolute Gasteiger partial charge is 0.243 e. The molecule has 0 spiro atoms. The van der Waals surface area contributed by atoms with E-state index in [4.69, 9.17) is 16.3 Å². The molecule has 2 aromatic carbocycles. The van der Waals surface area contributed by atoms with Gasteiger partial charge in [0.25, 0.3) is 0 Å². The van der Waals surface area contributed by atoms with Crippen molar-refractivity contribution in [3.05, 3.63) is 52.5 Å². The van der Waals surface area contributed by atoms with Crippen LogP contribution in [0.15, 0.2) is 41.3 Å². The number of nitrogens with one attached hydrogen (secondary N) is 1. The maximum Gasteiger partial charge on any atom is 0.243 e. The van der Waals surface area contributed by atoms with Crippen LogP contribution in [0.25, 0.3) is 0 Å². The van der Waals surface area contributed by atoms with Crippen LogP contribution in [-0.2, 0) is 14.8 Å². The van der Waals surface area contributed by atoms with Gasteiger partial charge in [0, 0.05) is 18.8 Å². The Kier molecular flexibility index (Phi) is 7.06. The second-order valence-corrected chi connectivity index (χ2v) is 9.88. The molecule has 1 heterocycles. The maximum atomic E-state index is 13.1. The molecule has 1 amide bonds. The number of hydrogen-bond donors (Lipinski definition) is 1. The summed E-state index contributed by atoms with van der Waals surface area (Å²) in [4.78, 5) is 12.9. The summed E-state index contributed by atoms with van der Waals surface area (Å²) in [6, 6.07) is 10.3. The van der Waals surface area contributed by atoms with Gasteiger partial charge in [-0.15, -0.1) is 0 Å². The molecule has 0 aliphatic carbocycles. The van der Waals surface area contributed by atoms with E-state index >= 15 is 0 Å². The summed E-state index contributed by atoms with van der Waals surface area (Å²) in [7, 11) is -3.76. The maximum absolute atomic E-state index is 13.1. The lowest BCUT2D eigenvalue weighted by molar-refractivity contribution is -0.120. The number of amides is 1. The van der Waals surface area contributed by atoms with Crippen LogP contribution < -0.4 is 10.1 Å². The average molecular weight is 451 g/mol. The molecule has 1 fully saturated rings. The number of aryl methyl sites for hydroxylation is 2. The lowest BCUT2D eigenvalue weighted by atomic mass is 9.98. The van der Waals surface area contributed by atoms with E-state index in [0.29, 0.717) is 31.7 Å². The van der Waals surface area contributed by atoms with Crippen LogP contribution in [0.3, 0.4) is 0 Å². The molecule has 2 aromatic rings. The fourth-order valence-corrected chi connectivity index (χ4v) is 5.39. The number of ether oxygens (including phenoxy) is 1. The normalized spacial score (nSPS) is 17.5. The number of carbonyl (C=O) groups excluding carboxylic acids is 1. The quantitative estimate of drug-likeness (QED) is 0.707. The topological polar surface area (TPSA) is 75.7 Å². The van der Waals surface area contributed by atoms with Gasteiger partial charge in [0.15, 0.2) is 0 Å². The SMILES string of the molecule is CCOc1ccc(S(=O)(=O)N2CCC[C@@H](C(=O)Nc3cc(C)ccc3C)C2)cc1Cl. The minimum Gasteiger partial charge on any atom is -0.492 e. The van der Waals surface area contributed by atoms with Crippen LogP contribution in [-0.4, -0.2) is 38.3 Å². The number of sulfonamides is 1. The van der Waals surface area contributed by atoms with E-state index in [1.165, 1.54) is 16.4 Å². The van der Waals surface area contributed by atoms with E-state index in [2.05, 4.69) is 5.32 Å². The van der Waals surface area contributed by atoms with Crippen molar-refractivity contribution in [2.75, 3.05) is 25.0 Å². The summed E-state index contributed by atoms with van der Waals surface area (Å²) in [6.07, 6.45) is 1.27. The summed E-state index contributed by atoms with van der Waals surface area (Å²) in [6.45, 7) is 6.69. The van der Waals surface area contributed by atoms with Crippen molar-refractivity contribution in [1.82, 2.24) is 4.31 Å². The number of piperidine rings is 1. The fraction of sp³-hybridized carbons (Fsp3) is 0.409. The summed E-state index contributed by atoms with van der Waals surface area (Å²) in [5, 5.41) is 3.21. The highest BCUT2D eigenvalue weighted by Crippen LogP contribution is 2.31. The van der Waals surface area contributed by atoms with Crippen LogP contribution in [0.4, 0.5) is 5.69 Å². The Hall–Kier alpha value is -2.09. The number of anilines is 1. The Labute approximate surface area is 183 Å². The van der Waals surface area contributed by atoms with Crippen LogP contribution in [0.1, 0.15) is 30.9 Å². The summed E-state index contributed by atoms with van der Waals surface area (Å²) >= 11 is 6.18. The van der Waals surface area contributed by atoms with Crippen LogP contribution in [0, 0.1) is 19.8 Å². The van der Waals surface area contributed by atoms with Crippen molar-refractivity contribution in [1.29, 1.82) is 0 Å². The molecule has 1 saturated heterocycles. The Balaban J connectivity index is 1.75. The van der Waals surface area contributed by atoms with E-state index in [-0.39, 0.29) is 22.4 Å². The van der Waals surface area contributed by atoms with Gasteiger partial charge in [0.05, 0.1) is 22.4 Å². The number of nitrogens with zero attached hydrogens (tertiary/aromatic N) is 1.